The van der Waals surface area contributed by atoms with Gasteiger partial charge in [0.1, 0.15) is 0 Å². The molecule has 0 radical (unpaired) electrons. The van der Waals surface area contributed by atoms with Gasteiger partial charge >= 0.3 is 0 Å². The minimum absolute atomic E-state index is 0.160. The van der Waals surface area contributed by atoms with Crippen molar-refractivity contribution in [1.82, 2.24) is 0 Å². The fourth-order valence-electron chi connectivity index (χ4n) is 2.08. The van der Waals surface area contributed by atoms with Gasteiger partial charge in [-0.25, -0.2) is 0 Å². The highest BCUT2D eigenvalue weighted by Crippen LogP contribution is 2.36. The van der Waals surface area contributed by atoms with Gasteiger partial charge in [-0.05, 0) is 38.7 Å². The van der Waals surface area contributed by atoms with E-state index in [4.69, 9.17) is 0 Å². The van der Waals surface area contributed by atoms with Gasteiger partial charge in [0.05, 0.1) is 0 Å². The van der Waals surface area contributed by atoms with Gasteiger partial charge in [0.25, 0.3) is 0 Å². The zero-order chi connectivity index (χ0) is 12.9. The smallest absolute Gasteiger partial charge is 0.0139 e. The second-order valence-electron chi connectivity index (χ2n) is 5.59. The molecule has 0 fully saturated rings. The van der Waals surface area contributed by atoms with E-state index in [1.807, 2.05) is 0 Å². The summed E-state index contributed by atoms with van der Waals surface area (Å²) in [5, 5.41) is 0. The van der Waals surface area contributed by atoms with Crippen LogP contribution in [-0.2, 0) is 0 Å². The molecule has 0 aromatic carbocycles. The monoisotopic (exact) mass is 324 g/mol. The number of hydrogen-bond acceptors (Lipinski definition) is 0. The van der Waals surface area contributed by atoms with E-state index in [1.54, 1.807) is 0 Å². The Bertz CT molecular complexity index is 148. The maximum absolute atomic E-state index is 3.85. The lowest BCUT2D eigenvalue weighted by Crippen LogP contribution is -1.96. The van der Waals surface area contributed by atoms with Crippen LogP contribution in [0.1, 0.15) is 78.6 Å². The van der Waals surface area contributed by atoms with E-state index in [9.17, 15) is 0 Å². The molecule has 2 heteroatoms. The predicted molar refractivity (Wildman–Crippen MR) is 89.7 cm³/mol. The zero-order valence-electron chi connectivity index (χ0n) is 12.2. The van der Waals surface area contributed by atoms with Crippen molar-refractivity contribution in [2.75, 3.05) is 11.5 Å². The van der Waals surface area contributed by atoms with Crippen molar-refractivity contribution >= 4 is 24.1 Å². The van der Waals surface area contributed by atoms with Crippen LogP contribution in [0.4, 0.5) is 0 Å². The highest BCUT2D eigenvalue weighted by atomic mass is 79.9. The molecule has 0 aliphatic rings. The van der Waals surface area contributed by atoms with Crippen molar-refractivity contribution in [3.8, 4) is 0 Å². The summed E-state index contributed by atoms with van der Waals surface area (Å²) in [6, 6.07) is 0. The number of thiol groups is 1. The maximum atomic E-state index is 3.85. The molecule has 0 heterocycles. The summed E-state index contributed by atoms with van der Waals surface area (Å²) in [7, 11) is 0.160. The molecule has 0 saturated heterocycles. The number of halogens is 1. The van der Waals surface area contributed by atoms with Crippen LogP contribution in [0.5, 0.6) is 0 Å². The average molecular weight is 325 g/mol. The molecule has 0 spiro atoms. The second kappa shape index (κ2) is 13.3. The third kappa shape index (κ3) is 14.8. The minimum Gasteiger partial charge on any atom is -0.195 e. The van der Waals surface area contributed by atoms with Crippen molar-refractivity contribution < 1.29 is 0 Å². The first kappa shape index (κ1) is 17.8. The first-order valence-corrected chi connectivity index (χ1v) is 11.3. The van der Waals surface area contributed by atoms with E-state index in [-0.39, 0.29) is 9.33 Å². The molecule has 0 N–H and O–H groups in total. The summed E-state index contributed by atoms with van der Waals surface area (Å²) in [6.45, 7) is 6.94. The van der Waals surface area contributed by atoms with E-state index in [0.717, 1.165) is 5.92 Å². The first-order chi connectivity index (χ1) is 8.16. The van der Waals surface area contributed by atoms with Crippen LogP contribution in [0.2, 0.25) is 0 Å². The fourth-order valence-corrected chi connectivity index (χ4v) is 6.11. The Morgan fingerprint density at radius 3 is 1.76 bits per heavy atom. The molecule has 1 unspecified atom stereocenters. The zero-order valence-corrected chi connectivity index (χ0v) is 14.7. The van der Waals surface area contributed by atoms with E-state index in [1.165, 1.54) is 69.3 Å². The highest BCUT2D eigenvalue weighted by molar-refractivity contribution is 9.54. The maximum Gasteiger partial charge on any atom is -0.0139 e. The van der Waals surface area contributed by atoms with Gasteiger partial charge in [-0.15, -0.1) is 0 Å². The molecule has 106 valence electrons. The standard InChI is InChI=1S/C15H33BrS/c1-4-5-6-7-8-9-10-11-12-13-17(16)14-15(2)3/h15,17H,4-14H2,1-3H3. The van der Waals surface area contributed by atoms with Gasteiger partial charge in [0.15, 0.2) is 0 Å². The van der Waals surface area contributed by atoms with Crippen molar-refractivity contribution in [2.24, 2.45) is 5.92 Å². The van der Waals surface area contributed by atoms with Crippen LogP contribution >= 0.6 is 24.1 Å². The van der Waals surface area contributed by atoms with Crippen LogP contribution < -0.4 is 0 Å². The van der Waals surface area contributed by atoms with Crippen LogP contribution in [0, 0.1) is 5.92 Å². The normalized spacial score (nSPS) is 14.3. The molecule has 0 saturated carbocycles. The molecule has 0 bridgehead atoms. The van der Waals surface area contributed by atoms with E-state index >= 15 is 0 Å². The highest BCUT2D eigenvalue weighted by Gasteiger charge is 2.02. The molecule has 0 rings (SSSR count). The largest absolute Gasteiger partial charge is 0.195 e. The number of unbranched alkanes of at least 4 members (excludes halogenated alkanes) is 8. The quantitative estimate of drug-likeness (QED) is 0.308. The molecule has 17 heavy (non-hydrogen) atoms. The lowest BCUT2D eigenvalue weighted by Gasteiger charge is -2.15. The predicted octanol–water partition coefficient (Wildman–Crippen LogP) is 6.48. The Labute approximate surface area is 120 Å². The van der Waals surface area contributed by atoms with E-state index in [2.05, 4.69) is 35.6 Å². The Balaban J connectivity index is 3.07. The Morgan fingerprint density at radius 2 is 1.29 bits per heavy atom. The van der Waals surface area contributed by atoms with Gasteiger partial charge in [-0.1, -0.05) is 72.1 Å². The average Bonchev–Trinajstić information content (AvgIpc) is 2.26. The lowest BCUT2D eigenvalue weighted by atomic mass is 10.1. The summed E-state index contributed by atoms with van der Waals surface area (Å²) in [4.78, 5) is 0. The second-order valence-corrected chi connectivity index (χ2v) is 10.3. The lowest BCUT2D eigenvalue weighted by molar-refractivity contribution is 0.573. The van der Waals surface area contributed by atoms with Crippen LogP contribution in [0.25, 0.3) is 0 Å². The SMILES string of the molecule is CCCCCCCCCCC[SH](Br)CC(C)C. The molecular formula is C15H33BrS. The molecule has 1 atom stereocenters. The summed E-state index contributed by atoms with van der Waals surface area (Å²) in [5.74, 6) is 3.69. The van der Waals surface area contributed by atoms with Gasteiger partial charge in [-0.3, -0.25) is 0 Å². The van der Waals surface area contributed by atoms with E-state index < -0.39 is 0 Å². The van der Waals surface area contributed by atoms with Gasteiger partial charge in [-0.2, -0.15) is 9.33 Å². The minimum atomic E-state index is 0.160. The first-order valence-electron chi connectivity index (χ1n) is 7.57. The number of rotatable bonds is 12. The van der Waals surface area contributed by atoms with Crippen molar-refractivity contribution in [1.29, 1.82) is 0 Å². The summed E-state index contributed by atoms with van der Waals surface area (Å²) >= 11 is 3.85. The van der Waals surface area contributed by atoms with Crippen molar-refractivity contribution in [3.05, 3.63) is 0 Å². The molecule has 0 aromatic rings. The Morgan fingerprint density at radius 1 is 0.824 bits per heavy atom. The van der Waals surface area contributed by atoms with Gasteiger partial charge in [0, 0.05) is 0 Å². The molecule has 0 aliphatic carbocycles. The topological polar surface area (TPSA) is 0 Å². The summed E-state index contributed by atoms with van der Waals surface area (Å²) in [5.41, 5.74) is 0. The Hall–Kier alpha value is 0.830. The van der Waals surface area contributed by atoms with Gasteiger partial charge in [0.2, 0.25) is 0 Å². The molecule has 0 aliphatic heterocycles. The van der Waals surface area contributed by atoms with Gasteiger partial charge < -0.3 is 0 Å². The molecule has 0 amide bonds. The molecule has 0 aromatic heterocycles. The fraction of sp³-hybridized carbons (Fsp3) is 1.00. The van der Waals surface area contributed by atoms with E-state index in [0.29, 0.717) is 0 Å². The number of hydrogen-bond donors (Lipinski definition) is 1. The van der Waals surface area contributed by atoms with Crippen LogP contribution in [0.15, 0.2) is 0 Å². The third-order valence-corrected chi connectivity index (χ3v) is 6.93. The van der Waals surface area contributed by atoms with Crippen LogP contribution in [-0.4, -0.2) is 11.5 Å². The van der Waals surface area contributed by atoms with Crippen molar-refractivity contribution in [2.45, 2.75) is 78.6 Å². The third-order valence-electron chi connectivity index (χ3n) is 3.07. The van der Waals surface area contributed by atoms with Crippen molar-refractivity contribution in [3.63, 3.8) is 0 Å². The van der Waals surface area contributed by atoms with Crippen LogP contribution in [0.3, 0.4) is 0 Å². The summed E-state index contributed by atoms with van der Waals surface area (Å²) < 4.78 is 0. The summed E-state index contributed by atoms with van der Waals surface area (Å²) in [6.07, 6.45) is 13.0. The molecule has 0 nitrogen and oxygen atoms in total. The Kier molecular flexibility index (Phi) is 13.9. The molecular weight excluding hydrogens is 292 g/mol.